The molecule has 3 heteroatoms. The molecule has 0 aliphatic carbocycles. The van der Waals surface area contributed by atoms with Crippen LogP contribution >= 0.6 is 0 Å². The third-order valence-corrected chi connectivity index (χ3v) is 4.13. The lowest BCUT2D eigenvalue weighted by atomic mass is 9.87. The molecule has 3 nitrogen and oxygen atoms in total. The highest BCUT2D eigenvalue weighted by molar-refractivity contribution is 5.21. The molecule has 0 bridgehead atoms. The van der Waals surface area contributed by atoms with E-state index in [1.807, 2.05) is 0 Å². The average molecular weight is 290 g/mol. The van der Waals surface area contributed by atoms with Gasteiger partial charge >= 0.3 is 0 Å². The molecule has 2 rings (SSSR count). The van der Waals surface area contributed by atoms with Gasteiger partial charge in [-0.1, -0.05) is 51.1 Å². The van der Waals surface area contributed by atoms with Crippen LogP contribution in [0, 0.1) is 5.41 Å². The van der Waals surface area contributed by atoms with Gasteiger partial charge in [-0.25, -0.2) is 0 Å². The number of benzene rings is 1. The number of likely N-dealkylation sites (tertiary alicyclic amines) is 1. The van der Waals surface area contributed by atoms with Crippen LogP contribution in [0.25, 0.3) is 0 Å². The third-order valence-electron chi connectivity index (χ3n) is 4.13. The highest BCUT2D eigenvalue weighted by Gasteiger charge is 2.28. The Morgan fingerprint density at radius 3 is 2.52 bits per heavy atom. The van der Waals surface area contributed by atoms with E-state index >= 15 is 0 Å². The molecule has 2 unspecified atom stereocenters. The van der Waals surface area contributed by atoms with Crippen LogP contribution in [-0.4, -0.2) is 48.8 Å². The van der Waals surface area contributed by atoms with Crippen LogP contribution < -0.4 is 5.32 Å². The predicted octanol–water partition coefficient (Wildman–Crippen LogP) is 2.47. The van der Waals surface area contributed by atoms with Crippen LogP contribution in [0.5, 0.6) is 0 Å². The second kappa shape index (κ2) is 7.39. The van der Waals surface area contributed by atoms with Gasteiger partial charge in [0, 0.05) is 32.2 Å². The molecular weight excluding hydrogens is 260 g/mol. The maximum atomic E-state index is 9.26. The summed E-state index contributed by atoms with van der Waals surface area (Å²) in [5, 5.41) is 13.0. The predicted molar refractivity (Wildman–Crippen MR) is 88.6 cm³/mol. The molecule has 2 atom stereocenters. The molecule has 1 aromatic carbocycles. The van der Waals surface area contributed by atoms with Crippen LogP contribution in [-0.2, 0) is 0 Å². The van der Waals surface area contributed by atoms with Gasteiger partial charge in [0.25, 0.3) is 0 Å². The first-order chi connectivity index (χ1) is 9.98. The summed E-state index contributed by atoms with van der Waals surface area (Å²) >= 11 is 0. The topological polar surface area (TPSA) is 35.5 Å². The molecule has 1 fully saturated rings. The summed E-state index contributed by atoms with van der Waals surface area (Å²) in [6.07, 6.45) is 1.18. The molecule has 1 aromatic rings. The number of hydrogen-bond acceptors (Lipinski definition) is 3. The molecule has 2 N–H and O–H groups in total. The fraction of sp³-hybridized carbons (Fsp3) is 0.667. The van der Waals surface area contributed by atoms with Crippen LogP contribution in [0.1, 0.15) is 38.7 Å². The zero-order valence-electron chi connectivity index (χ0n) is 13.7. The average Bonchev–Trinajstić information content (AvgIpc) is 2.46. The summed E-state index contributed by atoms with van der Waals surface area (Å²) in [6.45, 7) is 10.9. The molecule has 118 valence electrons. The van der Waals surface area contributed by atoms with E-state index in [0.717, 1.165) is 26.2 Å². The normalized spacial score (nSPS) is 24.2. The van der Waals surface area contributed by atoms with Crippen molar-refractivity contribution in [3.05, 3.63) is 35.9 Å². The Labute approximate surface area is 129 Å². The quantitative estimate of drug-likeness (QED) is 0.874. The summed E-state index contributed by atoms with van der Waals surface area (Å²) < 4.78 is 0. The highest BCUT2D eigenvalue weighted by Crippen LogP contribution is 2.27. The molecule has 0 aromatic heterocycles. The Hall–Kier alpha value is -0.900. The van der Waals surface area contributed by atoms with Crippen molar-refractivity contribution in [3.63, 3.8) is 0 Å². The number of nitrogens with one attached hydrogen (secondary N) is 1. The number of piperidine rings is 1. The lowest BCUT2D eigenvalue weighted by molar-refractivity contribution is 0.134. The molecule has 1 heterocycles. The van der Waals surface area contributed by atoms with Crippen LogP contribution in [0.2, 0.25) is 0 Å². The van der Waals surface area contributed by atoms with E-state index in [1.165, 1.54) is 12.0 Å². The van der Waals surface area contributed by atoms with Crippen LogP contribution in [0.3, 0.4) is 0 Å². The molecule has 21 heavy (non-hydrogen) atoms. The smallest absolute Gasteiger partial charge is 0.0558 e. The van der Waals surface area contributed by atoms with Crippen molar-refractivity contribution in [2.24, 2.45) is 5.41 Å². The van der Waals surface area contributed by atoms with Gasteiger partial charge in [-0.3, -0.25) is 4.90 Å². The fourth-order valence-electron chi connectivity index (χ4n) is 3.08. The standard InChI is InChI=1S/C18H30N2O/c1-18(2,3)14-19-17-11-16(12-20(13-17)9-10-21)15-7-5-4-6-8-15/h4-8,16-17,19,21H,9-14H2,1-3H3. The molecule has 0 amide bonds. The minimum atomic E-state index is 0.244. The number of β-amino-alcohol motifs (C(OH)–C–C–N with tert-alkyl or cyclic N) is 1. The fourth-order valence-corrected chi connectivity index (χ4v) is 3.08. The number of hydrogen-bond donors (Lipinski definition) is 2. The maximum absolute atomic E-state index is 9.26. The number of rotatable bonds is 5. The van der Waals surface area contributed by atoms with E-state index < -0.39 is 0 Å². The largest absolute Gasteiger partial charge is 0.395 e. The van der Waals surface area contributed by atoms with E-state index in [0.29, 0.717) is 17.4 Å². The van der Waals surface area contributed by atoms with Gasteiger partial charge in [-0.15, -0.1) is 0 Å². The molecule has 0 spiro atoms. The van der Waals surface area contributed by atoms with Crippen molar-refractivity contribution in [2.45, 2.75) is 39.2 Å². The summed E-state index contributed by atoms with van der Waals surface area (Å²) in [6, 6.07) is 11.3. The summed E-state index contributed by atoms with van der Waals surface area (Å²) in [5.74, 6) is 0.559. The van der Waals surface area contributed by atoms with Crippen molar-refractivity contribution in [1.82, 2.24) is 10.2 Å². The summed E-state index contributed by atoms with van der Waals surface area (Å²) in [7, 11) is 0. The molecule has 1 saturated heterocycles. The number of nitrogens with zero attached hydrogens (tertiary/aromatic N) is 1. The first-order valence-corrected chi connectivity index (χ1v) is 8.09. The van der Waals surface area contributed by atoms with E-state index in [4.69, 9.17) is 0 Å². The lowest BCUT2D eigenvalue weighted by Crippen LogP contribution is -2.50. The van der Waals surface area contributed by atoms with E-state index in [1.54, 1.807) is 0 Å². The van der Waals surface area contributed by atoms with Gasteiger partial charge in [-0.2, -0.15) is 0 Å². The number of aliphatic hydroxyl groups is 1. The van der Waals surface area contributed by atoms with E-state index in [2.05, 4.69) is 61.3 Å². The van der Waals surface area contributed by atoms with Crippen molar-refractivity contribution in [2.75, 3.05) is 32.8 Å². The Kier molecular flexibility index (Phi) is 5.80. The van der Waals surface area contributed by atoms with Gasteiger partial charge in [0.2, 0.25) is 0 Å². The first kappa shape index (κ1) is 16.5. The Morgan fingerprint density at radius 1 is 1.19 bits per heavy atom. The van der Waals surface area contributed by atoms with Crippen LogP contribution in [0.15, 0.2) is 30.3 Å². The zero-order valence-corrected chi connectivity index (χ0v) is 13.7. The minimum Gasteiger partial charge on any atom is -0.395 e. The van der Waals surface area contributed by atoms with Gasteiger partial charge in [0.1, 0.15) is 0 Å². The van der Waals surface area contributed by atoms with Gasteiger partial charge < -0.3 is 10.4 Å². The van der Waals surface area contributed by atoms with E-state index in [9.17, 15) is 5.11 Å². The first-order valence-electron chi connectivity index (χ1n) is 8.09. The van der Waals surface area contributed by atoms with Crippen molar-refractivity contribution in [3.8, 4) is 0 Å². The lowest BCUT2D eigenvalue weighted by Gasteiger charge is -2.39. The second-order valence-corrected chi connectivity index (χ2v) is 7.46. The summed E-state index contributed by atoms with van der Waals surface area (Å²) in [5.41, 5.74) is 1.73. The van der Waals surface area contributed by atoms with E-state index in [-0.39, 0.29) is 6.61 Å². The van der Waals surface area contributed by atoms with Gasteiger partial charge in [0.15, 0.2) is 0 Å². The molecule has 1 aliphatic rings. The van der Waals surface area contributed by atoms with Gasteiger partial charge in [0.05, 0.1) is 6.61 Å². The highest BCUT2D eigenvalue weighted by atomic mass is 16.3. The molecule has 0 saturated carbocycles. The monoisotopic (exact) mass is 290 g/mol. The number of aliphatic hydroxyl groups excluding tert-OH is 1. The van der Waals surface area contributed by atoms with Crippen molar-refractivity contribution in [1.29, 1.82) is 0 Å². The third kappa shape index (κ3) is 5.42. The second-order valence-electron chi connectivity index (χ2n) is 7.46. The molecular formula is C18H30N2O. The summed E-state index contributed by atoms with van der Waals surface area (Å²) in [4.78, 5) is 2.39. The van der Waals surface area contributed by atoms with Crippen molar-refractivity contribution < 1.29 is 5.11 Å². The zero-order chi connectivity index (χ0) is 15.3. The Bertz CT molecular complexity index is 413. The van der Waals surface area contributed by atoms with Gasteiger partial charge in [-0.05, 0) is 23.3 Å². The Balaban J connectivity index is 2.01. The Morgan fingerprint density at radius 2 is 1.90 bits per heavy atom. The molecule has 0 radical (unpaired) electrons. The van der Waals surface area contributed by atoms with Crippen LogP contribution in [0.4, 0.5) is 0 Å². The molecule has 1 aliphatic heterocycles. The minimum absolute atomic E-state index is 0.244. The SMILES string of the molecule is CC(C)(C)CNC1CC(c2ccccc2)CN(CCO)C1. The van der Waals surface area contributed by atoms with Crippen molar-refractivity contribution >= 4 is 0 Å². The maximum Gasteiger partial charge on any atom is 0.0558 e.